The predicted molar refractivity (Wildman–Crippen MR) is 154 cm³/mol. The second-order valence-electron chi connectivity index (χ2n) is 11.0. The molecule has 7 heteroatoms. The molecule has 0 radical (unpaired) electrons. The van der Waals surface area contributed by atoms with Crippen LogP contribution >= 0.6 is 0 Å². The number of hydrogen-bond donors (Lipinski definition) is 3. The summed E-state index contributed by atoms with van der Waals surface area (Å²) in [6.45, 7) is 12.7. The van der Waals surface area contributed by atoms with Gasteiger partial charge in [-0.2, -0.15) is 0 Å². The molecule has 0 bridgehead atoms. The number of nitrogens with zero attached hydrogens (tertiary/aromatic N) is 1. The topological polar surface area (TPSA) is 105 Å². The number of hydrogen-bond acceptors (Lipinski definition) is 5. The Bertz CT molecular complexity index is 981. The standard InChI is InChI=1S/C31H49N3O4/c1-7-14-34(15-8-2)29(36)25-16-23(5)19-31(20-25,30(32)37)27(28(35)21-33-13-12-22(3)4)18-24-10-9-11-26(17-24)38-6/h9-11,16-17,19,22,27-28,33,35H,7-8,12-15,18,20-21H2,1-6H3,(H2,32,37)/t27-,28+,31?/m1/s1. The number of carbonyl (C=O) groups excluding carboxylic acids is 2. The Balaban J connectivity index is 2.49. The van der Waals surface area contributed by atoms with E-state index in [-0.39, 0.29) is 12.3 Å². The number of primary amides is 1. The first kappa shape index (κ1) is 31.6. The molecule has 0 fully saturated rings. The zero-order valence-electron chi connectivity index (χ0n) is 24.3. The van der Waals surface area contributed by atoms with Crippen LogP contribution in [0.15, 0.2) is 47.6 Å². The molecule has 0 aromatic heterocycles. The van der Waals surface area contributed by atoms with Crippen LogP contribution in [0.25, 0.3) is 0 Å². The van der Waals surface area contributed by atoms with E-state index in [0.29, 0.717) is 43.3 Å². The maximum Gasteiger partial charge on any atom is 0.249 e. The van der Waals surface area contributed by atoms with Crippen molar-refractivity contribution in [3.8, 4) is 5.75 Å². The largest absolute Gasteiger partial charge is 0.497 e. The van der Waals surface area contributed by atoms with E-state index in [0.717, 1.165) is 36.9 Å². The number of aliphatic hydroxyl groups excluding tert-OH is 1. The van der Waals surface area contributed by atoms with Gasteiger partial charge in [0, 0.05) is 31.1 Å². The fraction of sp³-hybridized carbons (Fsp3) is 0.613. The lowest BCUT2D eigenvalue weighted by Crippen LogP contribution is -2.52. The van der Waals surface area contributed by atoms with Crippen LogP contribution in [0.2, 0.25) is 0 Å². The second kappa shape index (κ2) is 15.1. The van der Waals surface area contributed by atoms with Gasteiger partial charge in [0.1, 0.15) is 5.75 Å². The van der Waals surface area contributed by atoms with Crippen molar-refractivity contribution in [1.82, 2.24) is 10.2 Å². The van der Waals surface area contributed by atoms with Gasteiger partial charge in [0.05, 0.1) is 18.6 Å². The Morgan fingerprint density at radius 3 is 2.47 bits per heavy atom. The molecule has 2 amide bonds. The number of ether oxygens (including phenoxy) is 1. The van der Waals surface area contributed by atoms with Gasteiger partial charge in [0.15, 0.2) is 0 Å². The van der Waals surface area contributed by atoms with Gasteiger partial charge in [-0.1, -0.05) is 57.6 Å². The molecule has 7 nitrogen and oxygen atoms in total. The van der Waals surface area contributed by atoms with Crippen LogP contribution in [0.1, 0.15) is 65.9 Å². The molecule has 3 atom stereocenters. The van der Waals surface area contributed by atoms with E-state index in [1.54, 1.807) is 7.11 Å². The number of allylic oxidation sites excluding steroid dienone is 2. The molecule has 4 N–H and O–H groups in total. The molecule has 1 aliphatic carbocycles. The molecular formula is C31H49N3O4. The number of nitrogens with one attached hydrogen (secondary N) is 1. The molecule has 1 aromatic carbocycles. The minimum atomic E-state index is -1.21. The average Bonchev–Trinajstić information content (AvgIpc) is 2.88. The summed E-state index contributed by atoms with van der Waals surface area (Å²) in [6, 6.07) is 7.66. The third kappa shape index (κ3) is 8.43. The lowest BCUT2D eigenvalue weighted by molar-refractivity contribution is -0.132. The predicted octanol–water partition coefficient (Wildman–Crippen LogP) is 4.25. The minimum Gasteiger partial charge on any atom is -0.497 e. The van der Waals surface area contributed by atoms with Crippen LogP contribution in [0.4, 0.5) is 0 Å². The molecule has 38 heavy (non-hydrogen) atoms. The highest BCUT2D eigenvalue weighted by Gasteiger charge is 2.48. The van der Waals surface area contributed by atoms with Gasteiger partial charge < -0.3 is 25.8 Å². The van der Waals surface area contributed by atoms with Gasteiger partial charge in [0.25, 0.3) is 0 Å². The maximum atomic E-state index is 13.6. The lowest BCUT2D eigenvalue weighted by atomic mass is 9.63. The average molecular weight is 528 g/mol. The van der Waals surface area contributed by atoms with Crippen molar-refractivity contribution in [2.45, 2.75) is 72.8 Å². The molecule has 212 valence electrons. The molecule has 1 aliphatic rings. The summed E-state index contributed by atoms with van der Waals surface area (Å²) < 4.78 is 5.42. The summed E-state index contributed by atoms with van der Waals surface area (Å²) in [5.74, 6) is 0.120. The molecule has 0 saturated heterocycles. The van der Waals surface area contributed by atoms with E-state index < -0.39 is 23.3 Å². The quantitative estimate of drug-likeness (QED) is 0.279. The molecule has 0 saturated carbocycles. The van der Waals surface area contributed by atoms with Crippen molar-refractivity contribution >= 4 is 11.8 Å². The van der Waals surface area contributed by atoms with Gasteiger partial charge >= 0.3 is 0 Å². The van der Waals surface area contributed by atoms with Crippen molar-refractivity contribution in [3.05, 3.63) is 53.1 Å². The number of carbonyl (C=O) groups is 2. The van der Waals surface area contributed by atoms with Gasteiger partial charge in [-0.15, -0.1) is 0 Å². The Labute approximate surface area is 229 Å². The maximum absolute atomic E-state index is 13.6. The second-order valence-corrected chi connectivity index (χ2v) is 11.0. The zero-order valence-corrected chi connectivity index (χ0v) is 24.3. The third-order valence-corrected chi connectivity index (χ3v) is 7.35. The summed E-state index contributed by atoms with van der Waals surface area (Å²) in [7, 11) is 1.61. The normalized spacial score (nSPS) is 18.9. The van der Waals surface area contributed by atoms with Crippen molar-refractivity contribution in [3.63, 3.8) is 0 Å². The molecule has 1 unspecified atom stereocenters. The Hall–Kier alpha value is -2.64. The summed E-state index contributed by atoms with van der Waals surface area (Å²) >= 11 is 0. The van der Waals surface area contributed by atoms with Crippen LogP contribution < -0.4 is 15.8 Å². The van der Waals surface area contributed by atoms with Crippen LogP contribution in [0.3, 0.4) is 0 Å². The van der Waals surface area contributed by atoms with Gasteiger partial charge in [-0.25, -0.2) is 0 Å². The fourth-order valence-electron chi connectivity index (χ4n) is 5.41. The third-order valence-electron chi connectivity index (χ3n) is 7.35. The molecule has 0 aliphatic heterocycles. The minimum absolute atomic E-state index is 0.0588. The van der Waals surface area contributed by atoms with E-state index in [1.165, 1.54) is 0 Å². The monoisotopic (exact) mass is 527 g/mol. The first-order chi connectivity index (χ1) is 18.1. The van der Waals surface area contributed by atoms with E-state index in [9.17, 15) is 14.7 Å². The van der Waals surface area contributed by atoms with Crippen molar-refractivity contribution in [2.75, 3.05) is 33.3 Å². The summed E-state index contributed by atoms with van der Waals surface area (Å²) in [5, 5.41) is 14.9. The van der Waals surface area contributed by atoms with Crippen LogP contribution in [-0.4, -0.2) is 61.2 Å². The smallest absolute Gasteiger partial charge is 0.249 e. The zero-order chi connectivity index (χ0) is 28.3. The van der Waals surface area contributed by atoms with Gasteiger partial charge in [-0.05, 0) is 69.2 Å². The lowest BCUT2D eigenvalue weighted by Gasteiger charge is -2.42. The number of nitrogens with two attached hydrogens (primary N) is 1. The van der Waals surface area contributed by atoms with E-state index >= 15 is 0 Å². The number of aliphatic hydroxyl groups is 1. The summed E-state index contributed by atoms with van der Waals surface area (Å²) in [5.41, 5.74) is 7.27. The van der Waals surface area contributed by atoms with E-state index in [1.807, 2.05) is 48.2 Å². The highest BCUT2D eigenvalue weighted by Crippen LogP contribution is 2.44. The highest BCUT2D eigenvalue weighted by atomic mass is 16.5. The number of methoxy groups -OCH3 is 1. The summed E-state index contributed by atoms with van der Waals surface area (Å²) in [6.07, 6.45) is 6.16. The summed E-state index contributed by atoms with van der Waals surface area (Å²) in [4.78, 5) is 28.8. The van der Waals surface area contributed by atoms with Crippen LogP contribution in [-0.2, 0) is 16.0 Å². The SMILES string of the molecule is CCCN(CCC)C(=O)C1=CC(C)=CC(C(N)=O)([C@H](Cc2cccc(OC)c2)[C@@H](O)CNCCC(C)C)C1. The van der Waals surface area contributed by atoms with Gasteiger partial charge in [0.2, 0.25) is 11.8 Å². The highest BCUT2D eigenvalue weighted by molar-refractivity contribution is 5.96. The molecule has 2 rings (SSSR count). The molecular weight excluding hydrogens is 478 g/mol. The molecule has 0 heterocycles. The first-order valence-electron chi connectivity index (χ1n) is 14.1. The Morgan fingerprint density at radius 2 is 1.89 bits per heavy atom. The van der Waals surface area contributed by atoms with Crippen molar-refractivity contribution in [2.24, 2.45) is 23.0 Å². The van der Waals surface area contributed by atoms with Crippen molar-refractivity contribution < 1.29 is 19.4 Å². The molecule has 1 aromatic rings. The van der Waals surface area contributed by atoms with Crippen LogP contribution in [0, 0.1) is 17.3 Å². The number of benzene rings is 1. The Kier molecular flexibility index (Phi) is 12.5. The van der Waals surface area contributed by atoms with E-state index in [2.05, 4.69) is 33.0 Å². The van der Waals surface area contributed by atoms with Crippen LogP contribution in [0.5, 0.6) is 5.75 Å². The van der Waals surface area contributed by atoms with Crippen molar-refractivity contribution in [1.29, 1.82) is 0 Å². The van der Waals surface area contributed by atoms with Gasteiger partial charge in [-0.3, -0.25) is 9.59 Å². The molecule has 0 spiro atoms. The van der Waals surface area contributed by atoms with E-state index in [4.69, 9.17) is 10.5 Å². The fourth-order valence-corrected chi connectivity index (χ4v) is 5.41. The Morgan fingerprint density at radius 1 is 1.21 bits per heavy atom. The number of amides is 2. The first-order valence-corrected chi connectivity index (χ1v) is 14.1. The number of rotatable bonds is 16.